The molecular formula is C9H15NOS. The van der Waals surface area contributed by atoms with Crippen molar-refractivity contribution >= 4 is 11.3 Å². The summed E-state index contributed by atoms with van der Waals surface area (Å²) in [7, 11) is 0. The third kappa shape index (κ3) is 1.84. The normalized spacial score (nSPS) is 11.1. The molecule has 0 saturated heterocycles. The van der Waals surface area contributed by atoms with Crippen LogP contribution in [0, 0.1) is 0 Å². The molecule has 0 fully saturated rings. The van der Waals surface area contributed by atoms with E-state index in [0.717, 1.165) is 17.1 Å². The van der Waals surface area contributed by atoms with Gasteiger partial charge < -0.3 is 5.11 Å². The van der Waals surface area contributed by atoms with Crippen LogP contribution < -0.4 is 0 Å². The van der Waals surface area contributed by atoms with Crippen LogP contribution in [0.3, 0.4) is 0 Å². The average Bonchev–Trinajstić information content (AvgIpc) is 2.46. The molecule has 0 radical (unpaired) electrons. The van der Waals surface area contributed by atoms with Crippen molar-refractivity contribution in [1.29, 1.82) is 0 Å². The first kappa shape index (κ1) is 9.68. The molecule has 1 heterocycles. The number of hydrogen-bond donors (Lipinski definition) is 1. The smallest absolute Gasteiger partial charge is 0.0957 e. The van der Waals surface area contributed by atoms with Crippen molar-refractivity contribution in [1.82, 2.24) is 4.98 Å². The number of aliphatic hydroxyl groups excluding tert-OH is 1. The number of aromatic nitrogens is 1. The molecule has 1 aromatic rings. The highest BCUT2D eigenvalue weighted by atomic mass is 32.1. The first-order valence-electron chi connectivity index (χ1n) is 4.28. The summed E-state index contributed by atoms with van der Waals surface area (Å²) in [5.41, 5.74) is 0.867. The van der Waals surface area contributed by atoms with Crippen LogP contribution in [0.5, 0.6) is 0 Å². The molecule has 0 aliphatic heterocycles. The predicted octanol–water partition coefficient (Wildman–Crippen LogP) is 2.32. The quantitative estimate of drug-likeness (QED) is 0.784. The zero-order valence-corrected chi connectivity index (χ0v) is 8.61. The molecular weight excluding hydrogens is 170 g/mol. The topological polar surface area (TPSA) is 33.1 Å². The Balaban J connectivity index is 2.97. The van der Waals surface area contributed by atoms with E-state index in [4.69, 9.17) is 5.11 Å². The van der Waals surface area contributed by atoms with E-state index in [0.29, 0.717) is 5.92 Å². The van der Waals surface area contributed by atoms with Gasteiger partial charge in [-0.2, -0.15) is 0 Å². The van der Waals surface area contributed by atoms with E-state index >= 15 is 0 Å². The zero-order chi connectivity index (χ0) is 9.14. The Labute approximate surface area is 77.3 Å². The van der Waals surface area contributed by atoms with E-state index in [1.807, 2.05) is 0 Å². The van der Waals surface area contributed by atoms with Crippen molar-refractivity contribution in [3.05, 3.63) is 15.6 Å². The second kappa shape index (κ2) is 4.01. The molecule has 0 aliphatic rings. The highest BCUT2D eigenvalue weighted by Gasteiger charge is 2.10. The summed E-state index contributed by atoms with van der Waals surface area (Å²) in [6.45, 7) is 6.42. The van der Waals surface area contributed by atoms with Gasteiger partial charge in [-0.15, -0.1) is 11.3 Å². The lowest BCUT2D eigenvalue weighted by atomic mass is 10.2. The lowest BCUT2D eigenvalue weighted by Gasteiger charge is -1.95. The number of nitrogens with zero attached hydrogens (tertiary/aromatic N) is 1. The Morgan fingerprint density at radius 2 is 2.17 bits per heavy atom. The number of rotatable bonds is 3. The van der Waals surface area contributed by atoms with Gasteiger partial charge in [0.05, 0.1) is 17.3 Å². The number of aliphatic hydroxyl groups is 1. The molecule has 1 aromatic heterocycles. The van der Waals surface area contributed by atoms with Crippen LogP contribution in [0.2, 0.25) is 0 Å². The van der Waals surface area contributed by atoms with E-state index in [-0.39, 0.29) is 6.61 Å². The van der Waals surface area contributed by atoms with E-state index in [1.165, 1.54) is 4.88 Å². The predicted molar refractivity (Wildman–Crippen MR) is 51.5 cm³/mol. The molecule has 2 nitrogen and oxygen atoms in total. The summed E-state index contributed by atoms with van der Waals surface area (Å²) in [4.78, 5) is 5.59. The van der Waals surface area contributed by atoms with Gasteiger partial charge in [-0.05, 0) is 6.42 Å². The maximum Gasteiger partial charge on any atom is 0.0957 e. The van der Waals surface area contributed by atoms with Crippen LogP contribution in [-0.4, -0.2) is 10.1 Å². The monoisotopic (exact) mass is 185 g/mol. The third-order valence-electron chi connectivity index (χ3n) is 1.76. The molecule has 0 unspecified atom stereocenters. The molecule has 0 saturated carbocycles. The van der Waals surface area contributed by atoms with E-state index in [2.05, 4.69) is 25.8 Å². The minimum absolute atomic E-state index is 0.0758. The van der Waals surface area contributed by atoms with Gasteiger partial charge in [-0.25, -0.2) is 4.98 Å². The molecule has 0 aromatic carbocycles. The highest BCUT2D eigenvalue weighted by molar-refractivity contribution is 7.11. The minimum Gasteiger partial charge on any atom is -0.390 e. The van der Waals surface area contributed by atoms with E-state index in [1.54, 1.807) is 11.3 Å². The van der Waals surface area contributed by atoms with Crippen LogP contribution in [0.25, 0.3) is 0 Å². The molecule has 3 heteroatoms. The van der Waals surface area contributed by atoms with Gasteiger partial charge in [0, 0.05) is 10.8 Å². The lowest BCUT2D eigenvalue weighted by Crippen LogP contribution is -1.90. The fraction of sp³-hybridized carbons (Fsp3) is 0.667. The van der Waals surface area contributed by atoms with Crippen LogP contribution in [0.4, 0.5) is 0 Å². The fourth-order valence-electron chi connectivity index (χ4n) is 1.05. The molecule has 12 heavy (non-hydrogen) atoms. The Morgan fingerprint density at radius 1 is 1.50 bits per heavy atom. The highest BCUT2D eigenvalue weighted by Crippen LogP contribution is 2.25. The molecule has 0 spiro atoms. The lowest BCUT2D eigenvalue weighted by molar-refractivity contribution is 0.276. The molecule has 1 N–H and O–H groups in total. The summed E-state index contributed by atoms with van der Waals surface area (Å²) in [5, 5.41) is 10.1. The van der Waals surface area contributed by atoms with Crippen LogP contribution in [0.15, 0.2) is 0 Å². The first-order valence-corrected chi connectivity index (χ1v) is 5.10. The Hall–Kier alpha value is -0.410. The molecule has 0 bridgehead atoms. The molecule has 0 aliphatic carbocycles. The molecule has 0 atom stereocenters. The van der Waals surface area contributed by atoms with Gasteiger partial charge in [0.1, 0.15) is 0 Å². The summed E-state index contributed by atoms with van der Waals surface area (Å²) >= 11 is 1.72. The number of thiazole rings is 1. The van der Waals surface area contributed by atoms with Gasteiger partial charge in [0.25, 0.3) is 0 Å². The minimum atomic E-state index is 0.0758. The SMILES string of the molecule is CCc1sc(C(C)C)nc1CO. The van der Waals surface area contributed by atoms with E-state index in [9.17, 15) is 0 Å². The van der Waals surface area contributed by atoms with Crippen LogP contribution in [-0.2, 0) is 13.0 Å². The van der Waals surface area contributed by atoms with Crippen molar-refractivity contribution in [2.75, 3.05) is 0 Å². The van der Waals surface area contributed by atoms with Crippen molar-refractivity contribution in [3.8, 4) is 0 Å². The fourth-order valence-corrected chi connectivity index (χ4v) is 2.07. The van der Waals surface area contributed by atoms with Crippen molar-refractivity contribution in [3.63, 3.8) is 0 Å². The number of hydrogen-bond acceptors (Lipinski definition) is 3. The number of aryl methyl sites for hydroxylation is 1. The molecule has 1 rings (SSSR count). The third-order valence-corrected chi connectivity index (χ3v) is 3.30. The first-order chi connectivity index (χ1) is 5.69. The largest absolute Gasteiger partial charge is 0.390 e. The molecule has 0 amide bonds. The summed E-state index contributed by atoms with van der Waals surface area (Å²) < 4.78 is 0. The van der Waals surface area contributed by atoms with Crippen molar-refractivity contribution in [2.45, 2.75) is 39.7 Å². The average molecular weight is 185 g/mol. The van der Waals surface area contributed by atoms with E-state index < -0.39 is 0 Å². The Bertz CT molecular complexity index is 234. The standard InChI is InChI=1S/C9H15NOS/c1-4-8-7(5-11)10-9(12-8)6(2)3/h6,11H,4-5H2,1-3H3. The second-order valence-corrected chi connectivity index (χ2v) is 4.20. The maximum atomic E-state index is 8.99. The zero-order valence-electron chi connectivity index (χ0n) is 7.79. The van der Waals surface area contributed by atoms with Gasteiger partial charge in [0.15, 0.2) is 0 Å². The summed E-state index contributed by atoms with van der Waals surface area (Å²) in [6.07, 6.45) is 0.972. The Morgan fingerprint density at radius 3 is 2.50 bits per heavy atom. The van der Waals surface area contributed by atoms with Crippen LogP contribution >= 0.6 is 11.3 Å². The van der Waals surface area contributed by atoms with Gasteiger partial charge in [0.2, 0.25) is 0 Å². The van der Waals surface area contributed by atoms with Crippen molar-refractivity contribution < 1.29 is 5.11 Å². The van der Waals surface area contributed by atoms with Crippen LogP contribution in [0.1, 0.15) is 42.3 Å². The summed E-state index contributed by atoms with van der Waals surface area (Å²) in [5.74, 6) is 0.473. The Kier molecular flexibility index (Phi) is 3.23. The molecule has 68 valence electrons. The van der Waals surface area contributed by atoms with Crippen molar-refractivity contribution in [2.24, 2.45) is 0 Å². The van der Waals surface area contributed by atoms with Gasteiger partial charge in [-0.3, -0.25) is 0 Å². The maximum absolute atomic E-state index is 8.99. The van der Waals surface area contributed by atoms with Gasteiger partial charge >= 0.3 is 0 Å². The summed E-state index contributed by atoms with van der Waals surface area (Å²) in [6, 6.07) is 0. The van der Waals surface area contributed by atoms with Gasteiger partial charge in [-0.1, -0.05) is 20.8 Å². The second-order valence-electron chi connectivity index (χ2n) is 3.09.